The van der Waals surface area contributed by atoms with Crippen LogP contribution in [0.2, 0.25) is 0 Å². The predicted molar refractivity (Wildman–Crippen MR) is 54.6 cm³/mol. The van der Waals surface area contributed by atoms with Crippen molar-refractivity contribution in [2.24, 2.45) is 0 Å². The van der Waals surface area contributed by atoms with Crippen molar-refractivity contribution in [3.8, 4) is 0 Å². The molecule has 0 radical (unpaired) electrons. The van der Waals surface area contributed by atoms with Gasteiger partial charge in [0, 0.05) is 10.5 Å². The summed E-state index contributed by atoms with van der Waals surface area (Å²) >= 11 is 1.61. The Labute approximate surface area is 81.8 Å². The number of thiophene rings is 1. The highest BCUT2D eigenvalue weighted by molar-refractivity contribution is 7.10. The van der Waals surface area contributed by atoms with Gasteiger partial charge in [0.1, 0.15) is 0 Å². The van der Waals surface area contributed by atoms with Gasteiger partial charge in [-0.3, -0.25) is 0 Å². The molecule has 0 atom stereocenters. The van der Waals surface area contributed by atoms with Gasteiger partial charge in [-0.05, 0) is 23.9 Å². The van der Waals surface area contributed by atoms with Gasteiger partial charge < -0.3 is 4.74 Å². The van der Waals surface area contributed by atoms with Crippen molar-refractivity contribution in [1.29, 1.82) is 0 Å². The molecule has 0 bridgehead atoms. The Morgan fingerprint density at radius 3 is 2.92 bits per heavy atom. The van der Waals surface area contributed by atoms with Crippen molar-refractivity contribution in [2.75, 3.05) is 7.11 Å². The molecule has 0 N–H and O–H groups in total. The third-order valence-electron chi connectivity index (χ3n) is 1.69. The number of carbonyl (C=O) groups excluding carboxylic acids is 1. The lowest BCUT2D eigenvalue weighted by Crippen LogP contribution is -2.03. The average molecular weight is 196 g/mol. The SMILES string of the molecule is CCC(=Cc1cccs1)C(=O)OC. The topological polar surface area (TPSA) is 26.3 Å². The normalized spacial score (nSPS) is 11.4. The Morgan fingerprint density at radius 1 is 1.69 bits per heavy atom. The molecule has 0 aliphatic rings. The number of methoxy groups -OCH3 is 1. The first-order valence-corrected chi connectivity index (χ1v) is 4.98. The van der Waals surface area contributed by atoms with E-state index in [2.05, 4.69) is 4.74 Å². The van der Waals surface area contributed by atoms with Gasteiger partial charge in [-0.2, -0.15) is 0 Å². The number of ether oxygens (including phenoxy) is 1. The van der Waals surface area contributed by atoms with Crippen LogP contribution in [0.15, 0.2) is 23.1 Å². The molecule has 0 saturated heterocycles. The largest absolute Gasteiger partial charge is 0.466 e. The molecule has 0 spiro atoms. The van der Waals surface area contributed by atoms with E-state index in [1.807, 2.05) is 30.5 Å². The van der Waals surface area contributed by atoms with Gasteiger partial charge in [-0.1, -0.05) is 13.0 Å². The standard InChI is InChI=1S/C10H12O2S/c1-3-8(10(11)12-2)7-9-5-4-6-13-9/h4-7H,3H2,1-2H3. The second-order valence-electron chi connectivity index (χ2n) is 2.53. The molecule has 1 rings (SSSR count). The first-order chi connectivity index (χ1) is 6.27. The number of hydrogen-bond acceptors (Lipinski definition) is 3. The molecule has 3 heteroatoms. The smallest absolute Gasteiger partial charge is 0.333 e. The molecule has 1 aromatic rings. The zero-order valence-corrected chi connectivity index (χ0v) is 8.56. The molecule has 0 saturated carbocycles. The zero-order valence-electron chi connectivity index (χ0n) is 7.74. The quantitative estimate of drug-likeness (QED) is 0.549. The van der Waals surface area contributed by atoms with Crippen molar-refractivity contribution in [2.45, 2.75) is 13.3 Å². The van der Waals surface area contributed by atoms with Gasteiger partial charge in [0.15, 0.2) is 0 Å². The van der Waals surface area contributed by atoms with Gasteiger partial charge in [0.25, 0.3) is 0 Å². The number of rotatable bonds is 3. The van der Waals surface area contributed by atoms with Crippen molar-refractivity contribution in [3.63, 3.8) is 0 Å². The summed E-state index contributed by atoms with van der Waals surface area (Å²) in [4.78, 5) is 12.3. The van der Waals surface area contributed by atoms with Gasteiger partial charge >= 0.3 is 5.97 Å². The Morgan fingerprint density at radius 2 is 2.46 bits per heavy atom. The minimum Gasteiger partial charge on any atom is -0.466 e. The highest BCUT2D eigenvalue weighted by atomic mass is 32.1. The van der Waals surface area contributed by atoms with E-state index in [-0.39, 0.29) is 5.97 Å². The van der Waals surface area contributed by atoms with Crippen molar-refractivity contribution in [3.05, 3.63) is 28.0 Å². The highest BCUT2D eigenvalue weighted by Gasteiger charge is 2.06. The van der Waals surface area contributed by atoms with Gasteiger partial charge in [-0.15, -0.1) is 11.3 Å². The number of carbonyl (C=O) groups is 1. The summed E-state index contributed by atoms with van der Waals surface area (Å²) in [6.07, 6.45) is 2.57. The fraction of sp³-hybridized carbons (Fsp3) is 0.300. The van der Waals surface area contributed by atoms with Crippen molar-refractivity contribution < 1.29 is 9.53 Å². The minimum absolute atomic E-state index is 0.240. The third kappa shape index (κ3) is 2.70. The molecular formula is C10H12O2S. The molecule has 1 heterocycles. The molecule has 0 aliphatic heterocycles. The van der Waals surface area contributed by atoms with Crippen LogP contribution in [0.3, 0.4) is 0 Å². The molecule has 0 amide bonds. The summed E-state index contributed by atoms with van der Waals surface area (Å²) in [5.41, 5.74) is 0.713. The van der Waals surface area contributed by atoms with Crippen LogP contribution in [0.1, 0.15) is 18.2 Å². The summed E-state index contributed by atoms with van der Waals surface area (Å²) in [6.45, 7) is 1.94. The van der Waals surface area contributed by atoms with E-state index in [4.69, 9.17) is 0 Å². The molecule has 70 valence electrons. The van der Waals surface area contributed by atoms with Gasteiger partial charge in [0.2, 0.25) is 0 Å². The lowest BCUT2D eigenvalue weighted by molar-refractivity contribution is -0.136. The van der Waals surface area contributed by atoms with E-state index in [1.54, 1.807) is 11.3 Å². The Kier molecular flexibility index (Phi) is 3.71. The number of hydrogen-bond donors (Lipinski definition) is 0. The summed E-state index contributed by atoms with van der Waals surface area (Å²) < 4.78 is 4.65. The van der Waals surface area contributed by atoms with Crippen LogP contribution in [-0.2, 0) is 9.53 Å². The molecule has 0 aromatic carbocycles. The molecule has 2 nitrogen and oxygen atoms in total. The summed E-state index contributed by atoms with van der Waals surface area (Å²) in [5.74, 6) is -0.240. The summed E-state index contributed by atoms with van der Waals surface area (Å²) in [6, 6.07) is 3.93. The summed E-state index contributed by atoms with van der Waals surface area (Å²) in [7, 11) is 1.40. The Balaban J connectivity index is 2.83. The van der Waals surface area contributed by atoms with E-state index in [1.165, 1.54) is 7.11 Å². The number of esters is 1. The fourth-order valence-corrected chi connectivity index (χ4v) is 1.66. The molecule has 1 aromatic heterocycles. The predicted octanol–water partition coefficient (Wildman–Crippen LogP) is 2.71. The maximum Gasteiger partial charge on any atom is 0.333 e. The van der Waals surface area contributed by atoms with Crippen molar-refractivity contribution >= 4 is 23.4 Å². The lowest BCUT2D eigenvalue weighted by atomic mass is 10.2. The minimum atomic E-state index is -0.240. The summed E-state index contributed by atoms with van der Waals surface area (Å²) in [5, 5.41) is 1.98. The molecule has 0 fully saturated rings. The molecule has 0 aliphatic carbocycles. The van der Waals surface area contributed by atoms with Crippen LogP contribution in [0.4, 0.5) is 0 Å². The lowest BCUT2D eigenvalue weighted by Gasteiger charge is -2.00. The second-order valence-corrected chi connectivity index (χ2v) is 3.51. The van der Waals surface area contributed by atoms with E-state index in [0.717, 1.165) is 4.88 Å². The van der Waals surface area contributed by atoms with Gasteiger partial charge in [0.05, 0.1) is 7.11 Å². The van der Waals surface area contributed by atoms with Crippen LogP contribution >= 0.6 is 11.3 Å². The Hall–Kier alpha value is -1.09. The first kappa shape index (κ1) is 9.99. The van der Waals surface area contributed by atoms with Gasteiger partial charge in [-0.25, -0.2) is 4.79 Å². The maximum absolute atomic E-state index is 11.2. The van der Waals surface area contributed by atoms with E-state index in [0.29, 0.717) is 12.0 Å². The van der Waals surface area contributed by atoms with E-state index >= 15 is 0 Å². The third-order valence-corrected chi connectivity index (χ3v) is 2.51. The molecule has 0 unspecified atom stereocenters. The highest BCUT2D eigenvalue weighted by Crippen LogP contribution is 2.15. The van der Waals surface area contributed by atoms with E-state index < -0.39 is 0 Å². The van der Waals surface area contributed by atoms with Crippen LogP contribution in [0, 0.1) is 0 Å². The molecule has 13 heavy (non-hydrogen) atoms. The first-order valence-electron chi connectivity index (χ1n) is 4.10. The zero-order chi connectivity index (χ0) is 9.68. The molecular weight excluding hydrogens is 184 g/mol. The van der Waals surface area contributed by atoms with Crippen molar-refractivity contribution in [1.82, 2.24) is 0 Å². The maximum atomic E-state index is 11.2. The fourth-order valence-electron chi connectivity index (χ4n) is 0.982. The van der Waals surface area contributed by atoms with E-state index in [9.17, 15) is 4.79 Å². The Bertz CT molecular complexity index is 299. The monoisotopic (exact) mass is 196 g/mol. The second kappa shape index (κ2) is 4.82. The van der Waals surface area contributed by atoms with Crippen LogP contribution < -0.4 is 0 Å². The van der Waals surface area contributed by atoms with Crippen LogP contribution in [0.25, 0.3) is 6.08 Å². The van der Waals surface area contributed by atoms with Crippen LogP contribution in [-0.4, -0.2) is 13.1 Å². The average Bonchev–Trinajstić information content (AvgIpc) is 2.65. The van der Waals surface area contributed by atoms with Crippen LogP contribution in [0.5, 0.6) is 0 Å².